The lowest BCUT2D eigenvalue weighted by molar-refractivity contribution is -0.159. The Morgan fingerprint density at radius 1 is 1.17 bits per heavy atom. The summed E-state index contributed by atoms with van der Waals surface area (Å²) in [5.74, 6) is -0.0507. The number of hydrogen-bond acceptors (Lipinski definition) is 5. The number of carbonyl (C=O) groups is 2. The van der Waals surface area contributed by atoms with E-state index in [9.17, 15) is 14.7 Å². The minimum absolute atomic E-state index is 0.0826. The van der Waals surface area contributed by atoms with Crippen LogP contribution in [0.4, 0.5) is 0 Å². The van der Waals surface area contributed by atoms with Gasteiger partial charge in [-0.2, -0.15) is 0 Å². The van der Waals surface area contributed by atoms with E-state index in [4.69, 9.17) is 4.74 Å². The van der Waals surface area contributed by atoms with Crippen LogP contribution < -0.4 is 0 Å². The molecule has 0 amide bonds. The molecule has 0 saturated heterocycles. The minimum Gasteiger partial charge on any atom is -0.469 e. The number of hydrogen-bond donors (Lipinski definition) is 1. The summed E-state index contributed by atoms with van der Waals surface area (Å²) in [4.78, 5) is 23.5. The van der Waals surface area contributed by atoms with Crippen molar-refractivity contribution in [3.63, 3.8) is 0 Å². The molecule has 5 heteroatoms. The lowest BCUT2D eigenvalue weighted by Crippen LogP contribution is -2.33. The molecule has 0 spiro atoms. The predicted octanol–water partition coefficient (Wildman–Crippen LogP) is 0.890. The van der Waals surface area contributed by atoms with Crippen molar-refractivity contribution in [1.29, 1.82) is 0 Å². The van der Waals surface area contributed by atoms with Crippen LogP contribution >= 0.6 is 0 Å². The van der Waals surface area contributed by atoms with E-state index < -0.39 is 5.41 Å². The van der Waals surface area contributed by atoms with Crippen LogP contribution in [0.2, 0.25) is 0 Å². The quantitative estimate of drug-likeness (QED) is 0.759. The maximum atomic E-state index is 12.0. The van der Waals surface area contributed by atoms with E-state index in [0.29, 0.717) is 24.7 Å². The third-order valence-electron chi connectivity index (χ3n) is 4.45. The Morgan fingerprint density at radius 2 is 1.72 bits per heavy atom. The van der Waals surface area contributed by atoms with Crippen molar-refractivity contribution in [2.75, 3.05) is 14.2 Å². The Labute approximate surface area is 106 Å². The molecular weight excluding hydrogens is 236 g/mol. The topological polar surface area (TPSA) is 72.8 Å². The molecule has 0 aliphatic heterocycles. The molecule has 2 saturated carbocycles. The Balaban J connectivity index is 2.14. The molecular formula is C13H20O5. The number of rotatable bonds is 3. The maximum Gasteiger partial charge on any atom is 0.312 e. The van der Waals surface area contributed by atoms with Gasteiger partial charge in [-0.05, 0) is 37.5 Å². The molecule has 0 bridgehead atoms. The Kier molecular flexibility index (Phi) is 3.61. The summed E-state index contributed by atoms with van der Waals surface area (Å²) < 4.78 is 9.54. The summed E-state index contributed by atoms with van der Waals surface area (Å²) >= 11 is 0. The van der Waals surface area contributed by atoms with E-state index in [1.807, 2.05) is 0 Å². The molecule has 0 aromatic carbocycles. The van der Waals surface area contributed by atoms with Crippen molar-refractivity contribution in [3.05, 3.63) is 0 Å². The van der Waals surface area contributed by atoms with E-state index in [1.54, 1.807) is 0 Å². The number of methoxy groups -OCH3 is 2. The molecule has 2 aliphatic rings. The van der Waals surface area contributed by atoms with Gasteiger partial charge in [-0.25, -0.2) is 0 Å². The summed E-state index contributed by atoms with van der Waals surface area (Å²) in [6, 6.07) is 0. The monoisotopic (exact) mass is 256 g/mol. The van der Waals surface area contributed by atoms with Crippen LogP contribution in [0.15, 0.2) is 0 Å². The number of carbonyl (C=O) groups excluding carboxylic acids is 2. The first-order chi connectivity index (χ1) is 8.50. The summed E-state index contributed by atoms with van der Waals surface area (Å²) in [6.45, 7) is 0. The van der Waals surface area contributed by atoms with E-state index >= 15 is 0 Å². The fraction of sp³-hybridized carbons (Fsp3) is 0.846. The van der Waals surface area contributed by atoms with E-state index in [2.05, 4.69) is 4.74 Å². The fourth-order valence-corrected chi connectivity index (χ4v) is 3.72. The number of fused-ring (bicyclic) bond motifs is 1. The van der Waals surface area contributed by atoms with Crippen molar-refractivity contribution in [2.45, 2.75) is 38.2 Å². The molecule has 0 aromatic heterocycles. The zero-order chi connectivity index (χ0) is 13.3. The average molecular weight is 256 g/mol. The maximum absolute atomic E-state index is 12.0. The lowest BCUT2D eigenvalue weighted by Gasteiger charge is -2.26. The van der Waals surface area contributed by atoms with Gasteiger partial charge in [-0.15, -0.1) is 0 Å². The molecule has 4 atom stereocenters. The van der Waals surface area contributed by atoms with Crippen LogP contribution in [0.25, 0.3) is 0 Å². The smallest absolute Gasteiger partial charge is 0.312 e. The Morgan fingerprint density at radius 3 is 2.17 bits per heavy atom. The van der Waals surface area contributed by atoms with Crippen LogP contribution in [0.3, 0.4) is 0 Å². The first-order valence-electron chi connectivity index (χ1n) is 6.34. The highest BCUT2D eigenvalue weighted by Crippen LogP contribution is 2.55. The van der Waals surface area contributed by atoms with Crippen molar-refractivity contribution in [1.82, 2.24) is 0 Å². The van der Waals surface area contributed by atoms with E-state index in [0.717, 1.165) is 12.8 Å². The highest BCUT2D eigenvalue weighted by atomic mass is 16.5. The number of aliphatic hydroxyl groups is 1. The van der Waals surface area contributed by atoms with E-state index in [1.165, 1.54) is 14.2 Å². The van der Waals surface area contributed by atoms with Crippen molar-refractivity contribution < 1.29 is 24.2 Å². The van der Waals surface area contributed by atoms with Crippen LogP contribution in [-0.4, -0.2) is 37.4 Å². The zero-order valence-electron chi connectivity index (χ0n) is 10.8. The van der Waals surface area contributed by atoms with Gasteiger partial charge in [0.2, 0.25) is 0 Å². The van der Waals surface area contributed by atoms with E-state index in [-0.39, 0.29) is 24.5 Å². The first kappa shape index (κ1) is 13.3. The molecule has 2 aliphatic carbocycles. The van der Waals surface area contributed by atoms with Crippen LogP contribution in [0.5, 0.6) is 0 Å². The van der Waals surface area contributed by atoms with Gasteiger partial charge in [0.1, 0.15) is 0 Å². The SMILES string of the molecule is COC(=O)CC1(C(=O)OC)C[C@H]2CC(O)C[C@H]2C1. The first-order valence-corrected chi connectivity index (χ1v) is 6.34. The molecule has 0 heterocycles. The standard InChI is InChI=1S/C13H20O5/c1-17-11(15)7-13(12(16)18-2)5-8-3-10(14)4-9(8)6-13/h8-10,14H,3-7H2,1-2H3/t8-,9+,10?,13?. The summed E-state index contributed by atoms with van der Waals surface area (Å²) in [5.41, 5.74) is -0.739. The highest BCUT2D eigenvalue weighted by Gasteiger charge is 2.54. The number of aliphatic hydroxyl groups excluding tert-OH is 1. The van der Waals surface area contributed by atoms with Gasteiger partial charge in [0, 0.05) is 0 Å². The molecule has 0 aromatic rings. The molecule has 0 radical (unpaired) electrons. The highest BCUT2D eigenvalue weighted by molar-refractivity contribution is 5.83. The van der Waals surface area contributed by atoms with Gasteiger partial charge in [-0.1, -0.05) is 0 Å². The minimum atomic E-state index is -0.739. The molecule has 1 N–H and O–H groups in total. The second-order valence-corrected chi connectivity index (χ2v) is 5.58. The van der Waals surface area contributed by atoms with Gasteiger partial charge in [0.05, 0.1) is 32.2 Å². The molecule has 2 fully saturated rings. The summed E-state index contributed by atoms with van der Waals surface area (Å²) in [5, 5.41) is 9.62. The summed E-state index contributed by atoms with van der Waals surface area (Å²) in [7, 11) is 2.68. The molecule has 5 nitrogen and oxygen atoms in total. The normalized spacial score (nSPS) is 38.3. The number of ether oxygens (including phenoxy) is 2. The van der Waals surface area contributed by atoms with Crippen molar-refractivity contribution in [3.8, 4) is 0 Å². The third kappa shape index (κ3) is 2.23. The van der Waals surface area contributed by atoms with Crippen LogP contribution in [0, 0.1) is 17.3 Å². The molecule has 102 valence electrons. The van der Waals surface area contributed by atoms with Gasteiger partial charge in [-0.3, -0.25) is 9.59 Å². The molecule has 2 rings (SSSR count). The second-order valence-electron chi connectivity index (χ2n) is 5.58. The third-order valence-corrected chi connectivity index (χ3v) is 4.45. The fourth-order valence-electron chi connectivity index (χ4n) is 3.72. The molecule has 2 unspecified atom stereocenters. The van der Waals surface area contributed by atoms with Crippen LogP contribution in [0.1, 0.15) is 32.1 Å². The average Bonchev–Trinajstić information content (AvgIpc) is 2.82. The van der Waals surface area contributed by atoms with Crippen molar-refractivity contribution in [2.24, 2.45) is 17.3 Å². The van der Waals surface area contributed by atoms with Gasteiger partial charge < -0.3 is 14.6 Å². The van der Waals surface area contributed by atoms with Crippen molar-refractivity contribution >= 4 is 11.9 Å². The number of esters is 2. The van der Waals surface area contributed by atoms with Crippen LogP contribution in [-0.2, 0) is 19.1 Å². The Bertz CT molecular complexity index is 337. The van der Waals surface area contributed by atoms with Gasteiger partial charge in [0.25, 0.3) is 0 Å². The second kappa shape index (κ2) is 4.88. The predicted molar refractivity (Wildman–Crippen MR) is 62.5 cm³/mol. The largest absolute Gasteiger partial charge is 0.469 e. The lowest BCUT2D eigenvalue weighted by atomic mass is 9.80. The molecule has 18 heavy (non-hydrogen) atoms. The van der Waals surface area contributed by atoms with Gasteiger partial charge >= 0.3 is 11.9 Å². The Hall–Kier alpha value is -1.10. The zero-order valence-corrected chi connectivity index (χ0v) is 10.8. The van der Waals surface area contributed by atoms with Gasteiger partial charge in [0.15, 0.2) is 0 Å². The summed E-state index contributed by atoms with van der Waals surface area (Å²) in [6.07, 6.45) is 2.52.